The lowest BCUT2D eigenvalue weighted by Crippen LogP contribution is -2.68. The van der Waals surface area contributed by atoms with E-state index in [0.717, 1.165) is 20.6 Å². The average molecular weight is 475 g/mol. The molecule has 0 aromatic heterocycles. The number of amides is 3. The first-order valence-corrected chi connectivity index (χ1v) is 11.1. The van der Waals surface area contributed by atoms with Gasteiger partial charge in [-0.15, -0.1) is 0 Å². The number of carbonyl (C=O) groups excluding carboxylic acids is 3. The third-order valence-electron chi connectivity index (χ3n) is 4.71. The Hall–Kier alpha value is -1.98. The van der Waals surface area contributed by atoms with Crippen LogP contribution in [0.2, 0.25) is 0 Å². The number of rotatable bonds is 6. The number of benzene rings is 1. The summed E-state index contributed by atoms with van der Waals surface area (Å²) in [5, 5.41) is 5.18. The summed E-state index contributed by atoms with van der Waals surface area (Å²) in [4.78, 5) is 38.1. The molecule has 11 heteroatoms. The molecule has 1 fully saturated rings. The van der Waals surface area contributed by atoms with E-state index in [1.54, 1.807) is 0 Å². The van der Waals surface area contributed by atoms with Crippen LogP contribution in [0.5, 0.6) is 0 Å². The predicted octanol–water partition coefficient (Wildman–Crippen LogP) is -0.326. The van der Waals surface area contributed by atoms with Crippen LogP contribution in [-0.4, -0.2) is 73.8 Å². The first-order valence-electron chi connectivity index (χ1n) is 8.45. The van der Waals surface area contributed by atoms with E-state index < -0.39 is 33.3 Å². The zero-order valence-electron chi connectivity index (χ0n) is 15.9. The Morgan fingerprint density at radius 3 is 2.50 bits per heavy atom. The number of halogens is 1. The normalized spacial score (nSPS) is 20.7. The van der Waals surface area contributed by atoms with Crippen molar-refractivity contribution in [3.05, 3.63) is 34.3 Å². The molecule has 1 heterocycles. The maximum atomic E-state index is 12.7. The highest BCUT2D eigenvalue weighted by Crippen LogP contribution is 2.22. The summed E-state index contributed by atoms with van der Waals surface area (Å²) in [5.41, 5.74) is -0.531. The SMILES string of the molecule is CN1C(=O)CN(S(C)(=O)=O)CC1(C)C(=O)NCC(=O)NCc1ccccc1Br. The van der Waals surface area contributed by atoms with Gasteiger partial charge in [-0.2, -0.15) is 4.31 Å². The zero-order chi connectivity index (χ0) is 21.1. The van der Waals surface area contributed by atoms with Crippen molar-refractivity contribution in [3.63, 3.8) is 0 Å². The minimum atomic E-state index is -3.64. The Morgan fingerprint density at radius 1 is 1.25 bits per heavy atom. The van der Waals surface area contributed by atoms with E-state index in [9.17, 15) is 22.8 Å². The molecule has 1 aromatic rings. The fourth-order valence-electron chi connectivity index (χ4n) is 2.75. The zero-order valence-corrected chi connectivity index (χ0v) is 18.3. The second-order valence-electron chi connectivity index (χ2n) is 6.81. The molecule has 0 spiro atoms. The molecule has 0 bridgehead atoms. The van der Waals surface area contributed by atoms with Gasteiger partial charge in [0.25, 0.3) is 0 Å². The van der Waals surface area contributed by atoms with Gasteiger partial charge < -0.3 is 15.5 Å². The lowest BCUT2D eigenvalue weighted by Gasteiger charge is -2.44. The molecule has 2 N–H and O–H groups in total. The predicted molar refractivity (Wildman–Crippen MR) is 107 cm³/mol. The fraction of sp³-hybridized carbons (Fsp3) is 0.471. The van der Waals surface area contributed by atoms with Crippen molar-refractivity contribution in [3.8, 4) is 0 Å². The van der Waals surface area contributed by atoms with E-state index in [2.05, 4.69) is 26.6 Å². The number of hydrogen-bond donors (Lipinski definition) is 2. The van der Waals surface area contributed by atoms with Crippen molar-refractivity contribution in [2.45, 2.75) is 19.0 Å². The lowest BCUT2D eigenvalue weighted by atomic mass is 9.96. The second kappa shape index (κ2) is 8.58. The van der Waals surface area contributed by atoms with E-state index in [0.29, 0.717) is 0 Å². The molecular weight excluding hydrogens is 452 g/mol. The quantitative estimate of drug-likeness (QED) is 0.585. The summed E-state index contributed by atoms with van der Waals surface area (Å²) in [5.74, 6) is -1.50. The van der Waals surface area contributed by atoms with E-state index in [4.69, 9.17) is 0 Å². The van der Waals surface area contributed by atoms with E-state index in [1.807, 2.05) is 24.3 Å². The highest BCUT2D eigenvalue weighted by molar-refractivity contribution is 9.10. The van der Waals surface area contributed by atoms with Crippen LogP contribution < -0.4 is 10.6 Å². The number of sulfonamides is 1. The van der Waals surface area contributed by atoms with Crippen LogP contribution in [0.25, 0.3) is 0 Å². The molecule has 1 aromatic carbocycles. The molecule has 0 saturated carbocycles. The molecule has 1 aliphatic rings. The molecule has 0 radical (unpaired) electrons. The molecule has 1 unspecified atom stereocenters. The molecule has 0 aliphatic carbocycles. The fourth-order valence-corrected chi connectivity index (χ4v) is 4.00. The molecule has 9 nitrogen and oxygen atoms in total. The summed E-state index contributed by atoms with van der Waals surface area (Å²) < 4.78 is 25.5. The van der Waals surface area contributed by atoms with Gasteiger partial charge in [0.05, 0.1) is 19.3 Å². The van der Waals surface area contributed by atoms with Crippen molar-refractivity contribution < 1.29 is 22.8 Å². The smallest absolute Gasteiger partial charge is 0.247 e. The Morgan fingerprint density at radius 2 is 1.89 bits per heavy atom. The molecule has 154 valence electrons. The van der Waals surface area contributed by atoms with E-state index >= 15 is 0 Å². The molecule has 28 heavy (non-hydrogen) atoms. The number of carbonyl (C=O) groups is 3. The third kappa shape index (κ3) is 5.09. The minimum absolute atomic E-state index is 0.182. The Balaban J connectivity index is 1.97. The molecule has 3 amide bonds. The third-order valence-corrected chi connectivity index (χ3v) is 6.68. The molecule has 1 atom stereocenters. The van der Waals surface area contributed by atoms with E-state index in [-0.39, 0.29) is 26.2 Å². The molecule has 1 saturated heterocycles. The van der Waals surface area contributed by atoms with Gasteiger partial charge in [-0.1, -0.05) is 34.1 Å². The average Bonchev–Trinajstić information content (AvgIpc) is 2.62. The summed E-state index contributed by atoms with van der Waals surface area (Å²) in [6, 6.07) is 7.41. The summed E-state index contributed by atoms with van der Waals surface area (Å²) in [6.45, 7) is 0.965. The lowest BCUT2D eigenvalue weighted by molar-refractivity contribution is -0.150. The highest BCUT2D eigenvalue weighted by Gasteiger charge is 2.47. The van der Waals surface area contributed by atoms with Gasteiger partial charge in [-0.3, -0.25) is 14.4 Å². The van der Waals surface area contributed by atoms with Gasteiger partial charge in [0.15, 0.2) is 0 Å². The Kier molecular flexibility index (Phi) is 6.84. The van der Waals surface area contributed by atoms with Crippen LogP contribution >= 0.6 is 15.9 Å². The van der Waals surface area contributed by atoms with Crippen LogP contribution in [0.1, 0.15) is 12.5 Å². The van der Waals surface area contributed by atoms with Crippen LogP contribution in [-0.2, 0) is 31.0 Å². The van der Waals surface area contributed by atoms with Crippen LogP contribution in [0, 0.1) is 0 Å². The van der Waals surface area contributed by atoms with Gasteiger partial charge in [-0.25, -0.2) is 8.42 Å². The van der Waals surface area contributed by atoms with Crippen LogP contribution in [0.3, 0.4) is 0 Å². The number of likely N-dealkylation sites (N-methyl/N-ethyl adjacent to an activating group) is 1. The largest absolute Gasteiger partial charge is 0.350 e. The van der Waals surface area contributed by atoms with Crippen molar-refractivity contribution in [2.24, 2.45) is 0 Å². The minimum Gasteiger partial charge on any atom is -0.350 e. The monoisotopic (exact) mass is 474 g/mol. The Labute approximate surface area is 172 Å². The maximum Gasteiger partial charge on any atom is 0.247 e. The summed E-state index contributed by atoms with van der Waals surface area (Å²) >= 11 is 3.39. The summed E-state index contributed by atoms with van der Waals surface area (Å²) in [7, 11) is -2.20. The topological polar surface area (TPSA) is 116 Å². The van der Waals surface area contributed by atoms with Gasteiger partial charge >= 0.3 is 0 Å². The summed E-state index contributed by atoms with van der Waals surface area (Å²) in [6.07, 6.45) is 0.985. The highest BCUT2D eigenvalue weighted by atomic mass is 79.9. The Bertz CT molecular complexity index is 891. The van der Waals surface area contributed by atoms with Gasteiger partial charge in [0.2, 0.25) is 27.7 Å². The number of nitrogens with one attached hydrogen (secondary N) is 2. The van der Waals surface area contributed by atoms with Gasteiger partial charge in [0, 0.05) is 24.6 Å². The van der Waals surface area contributed by atoms with E-state index in [1.165, 1.54) is 18.9 Å². The van der Waals surface area contributed by atoms with Gasteiger partial charge in [-0.05, 0) is 18.6 Å². The first-order chi connectivity index (χ1) is 12.9. The molecular formula is C17H23BrN4O5S. The van der Waals surface area contributed by atoms with Gasteiger partial charge in [0.1, 0.15) is 5.54 Å². The molecule has 2 rings (SSSR count). The standard InChI is InChI=1S/C17H23BrN4O5S/c1-17(11-22(28(3,26)27)10-15(24)21(17)2)16(25)20-9-14(23)19-8-12-6-4-5-7-13(12)18/h4-7H,8-11H2,1-3H3,(H,19,23)(H,20,25). The number of hydrogen-bond acceptors (Lipinski definition) is 5. The molecule has 1 aliphatic heterocycles. The second-order valence-corrected chi connectivity index (χ2v) is 9.65. The van der Waals surface area contributed by atoms with Crippen LogP contribution in [0.4, 0.5) is 0 Å². The van der Waals surface area contributed by atoms with Crippen molar-refractivity contribution in [1.82, 2.24) is 19.8 Å². The van der Waals surface area contributed by atoms with Crippen molar-refractivity contribution in [2.75, 3.05) is 32.9 Å². The first kappa shape index (κ1) is 22.3. The number of nitrogens with zero attached hydrogens (tertiary/aromatic N) is 2. The maximum absolute atomic E-state index is 12.7. The van der Waals surface area contributed by atoms with Crippen molar-refractivity contribution in [1.29, 1.82) is 0 Å². The van der Waals surface area contributed by atoms with Crippen LogP contribution in [0.15, 0.2) is 28.7 Å². The number of piperazine rings is 1. The van der Waals surface area contributed by atoms with Crippen molar-refractivity contribution >= 4 is 43.7 Å².